The lowest BCUT2D eigenvalue weighted by Crippen LogP contribution is -2.34. The van der Waals surface area contributed by atoms with Gasteiger partial charge in [-0.25, -0.2) is 0 Å². The molecule has 0 spiro atoms. The summed E-state index contributed by atoms with van der Waals surface area (Å²) in [4.78, 5) is 26.6. The van der Waals surface area contributed by atoms with Crippen LogP contribution in [0.3, 0.4) is 0 Å². The summed E-state index contributed by atoms with van der Waals surface area (Å²) in [5.41, 5.74) is 2.85. The number of anilines is 1. The molecule has 1 heterocycles. The fourth-order valence-corrected chi connectivity index (χ4v) is 3.39. The van der Waals surface area contributed by atoms with Crippen molar-refractivity contribution in [2.24, 2.45) is 5.92 Å². The minimum atomic E-state index is -0.348. The van der Waals surface area contributed by atoms with Crippen LogP contribution in [0.4, 0.5) is 5.69 Å². The van der Waals surface area contributed by atoms with Crippen molar-refractivity contribution in [3.8, 4) is 0 Å². The maximum Gasteiger partial charge on any atom is 0.227 e. The molecule has 0 unspecified atom stereocenters. The Hall–Kier alpha value is -2.33. The van der Waals surface area contributed by atoms with Crippen LogP contribution in [0, 0.1) is 12.8 Å². The monoisotopic (exact) mass is 356 g/mol. The summed E-state index contributed by atoms with van der Waals surface area (Å²) in [7, 11) is 0. The molecule has 2 amide bonds. The topological polar surface area (TPSA) is 49.4 Å². The summed E-state index contributed by atoms with van der Waals surface area (Å²) < 4.78 is 0. The van der Waals surface area contributed by atoms with Gasteiger partial charge in [0.05, 0.1) is 12.0 Å². The third-order valence-electron chi connectivity index (χ3n) is 4.57. The number of nitrogens with zero attached hydrogens (tertiary/aromatic N) is 1. The van der Waals surface area contributed by atoms with Gasteiger partial charge >= 0.3 is 0 Å². The van der Waals surface area contributed by atoms with Crippen LogP contribution in [0.2, 0.25) is 5.02 Å². The zero-order valence-corrected chi connectivity index (χ0v) is 15.1. The van der Waals surface area contributed by atoms with Gasteiger partial charge in [0.1, 0.15) is 0 Å². The molecule has 1 saturated heterocycles. The Kier molecular flexibility index (Phi) is 5.09. The van der Waals surface area contributed by atoms with Gasteiger partial charge in [-0.3, -0.25) is 9.59 Å². The fourth-order valence-electron chi connectivity index (χ4n) is 3.09. The summed E-state index contributed by atoms with van der Waals surface area (Å²) in [5, 5.41) is 3.60. The first kappa shape index (κ1) is 17.5. The molecule has 0 aliphatic carbocycles. The van der Waals surface area contributed by atoms with Crippen molar-refractivity contribution in [2.45, 2.75) is 26.3 Å². The molecular formula is C20H21ClN2O2. The Balaban J connectivity index is 1.66. The van der Waals surface area contributed by atoms with Gasteiger partial charge < -0.3 is 10.2 Å². The van der Waals surface area contributed by atoms with Crippen molar-refractivity contribution in [3.05, 3.63) is 64.7 Å². The maximum absolute atomic E-state index is 12.6. The van der Waals surface area contributed by atoms with E-state index in [1.807, 2.05) is 56.3 Å². The molecule has 0 radical (unpaired) electrons. The molecular weight excluding hydrogens is 336 g/mol. The van der Waals surface area contributed by atoms with Crippen molar-refractivity contribution in [1.82, 2.24) is 5.32 Å². The van der Waals surface area contributed by atoms with E-state index in [1.165, 1.54) is 0 Å². The average molecular weight is 357 g/mol. The molecule has 1 aliphatic rings. The molecule has 0 aromatic heterocycles. The largest absolute Gasteiger partial charge is 0.349 e. The highest BCUT2D eigenvalue weighted by molar-refractivity contribution is 6.31. The molecule has 0 saturated carbocycles. The number of carbonyl (C=O) groups is 2. The zero-order valence-electron chi connectivity index (χ0n) is 14.3. The van der Waals surface area contributed by atoms with E-state index < -0.39 is 0 Å². The van der Waals surface area contributed by atoms with Crippen LogP contribution in [0.25, 0.3) is 0 Å². The van der Waals surface area contributed by atoms with E-state index in [0.29, 0.717) is 11.6 Å². The van der Waals surface area contributed by atoms with E-state index in [9.17, 15) is 9.59 Å². The lowest BCUT2D eigenvalue weighted by atomic mass is 10.0. The molecule has 1 aliphatic heterocycles. The van der Waals surface area contributed by atoms with E-state index >= 15 is 0 Å². The predicted octanol–water partition coefficient (Wildman–Crippen LogP) is 3.88. The Morgan fingerprint density at radius 1 is 1.20 bits per heavy atom. The highest BCUT2D eigenvalue weighted by atomic mass is 35.5. The summed E-state index contributed by atoms with van der Waals surface area (Å²) in [6, 6.07) is 15.0. The van der Waals surface area contributed by atoms with Gasteiger partial charge in [-0.05, 0) is 37.6 Å². The first-order chi connectivity index (χ1) is 12.0. The second-order valence-electron chi connectivity index (χ2n) is 6.49. The summed E-state index contributed by atoms with van der Waals surface area (Å²) >= 11 is 6.19. The second-order valence-corrected chi connectivity index (χ2v) is 6.90. The Morgan fingerprint density at radius 2 is 1.88 bits per heavy atom. The van der Waals surface area contributed by atoms with Crippen molar-refractivity contribution < 1.29 is 9.59 Å². The summed E-state index contributed by atoms with van der Waals surface area (Å²) in [6.07, 6.45) is 0.231. The van der Waals surface area contributed by atoms with Crippen molar-refractivity contribution in [2.75, 3.05) is 11.4 Å². The molecule has 1 fully saturated rings. The van der Waals surface area contributed by atoms with Crippen LogP contribution >= 0.6 is 11.6 Å². The van der Waals surface area contributed by atoms with Gasteiger partial charge in [-0.15, -0.1) is 0 Å². The van der Waals surface area contributed by atoms with Crippen LogP contribution in [0.5, 0.6) is 0 Å². The quantitative estimate of drug-likeness (QED) is 0.903. The molecule has 4 nitrogen and oxygen atoms in total. The average Bonchev–Trinajstić information content (AvgIpc) is 2.98. The molecule has 5 heteroatoms. The van der Waals surface area contributed by atoms with Crippen molar-refractivity contribution in [1.29, 1.82) is 0 Å². The molecule has 2 atom stereocenters. The van der Waals surface area contributed by atoms with Gasteiger partial charge in [-0.1, -0.05) is 47.5 Å². The fraction of sp³-hybridized carbons (Fsp3) is 0.300. The number of benzene rings is 2. The van der Waals surface area contributed by atoms with Crippen LogP contribution in [0.1, 0.15) is 30.5 Å². The second kappa shape index (κ2) is 7.28. The van der Waals surface area contributed by atoms with Gasteiger partial charge in [0.2, 0.25) is 11.8 Å². The molecule has 0 bridgehead atoms. The smallest absolute Gasteiger partial charge is 0.227 e. The van der Waals surface area contributed by atoms with Crippen LogP contribution in [0.15, 0.2) is 48.5 Å². The van der Waals surface area contributed by atoms with E-state index in [-0.39, 0.29) is 30.2 Å². The minimum absolute atomic E-state index is 0.0191. The zero-order chi connectivity index (χ0) is 18.0. The maximum atomic E-state index is 12.6. The van der Waals surface area contributed by atoms with Gasteiger partial charge in [-0.2, -0.15) is 0 Å². The standard InChI is InChI=1S/C20H21ClN2O2/c1-13-7-9-16(10-8-13)23-12-15(11-19(23)24)20(25)22-14(2)17-5-3-4-6-18(17)21/h3-10,14-15H,11-12H2,1-2H3,(H,22,25)/t14-,15-/m0/s1. The van der Waals surface area contributed by atoms with E-state index in [4.69, 9.17) is 11.6 Å². The molecule has 130 valence electrons. The molecule has 3 rings (SSSR count). The third-order valence-corrected chi connectivity index (χ3v) is 4.92. The third kappa shape index (κ3) is 3.85. The van der Waals surface area contributed by atoms with Crippen molar-refractivity contribution in [3.63, 3.8) is 0 Å². The normalized spacial score (nSPS) is 18.3. The van der Waals surface area contributed by atoms with Gasteiger partial charge in [0, 0.05) is 23.7 Å². The number of nitrogens with one attached hydrogen (secondary N) is 1. The first-order valence-electron chi connectivity index (χ1n) is 8.37. The highest BCUT2D eigenvalue weighted by Crippen LogP contribution is 2.27. The van der Waals surface area contributed by atoms with Crippen molar-refractivity contribution >= 4 is 29.1 Å². The summed E-state index contributed by atoms with van der Waals surface area (Å²) in [6.45, 7) is 4.30. The van der Waals surface area contributed by atoms with Crippen LogP contribution in [-0.2, 0) is 9.59 Å². The minimum Gasteiger partial charge on any atom is -0.349 e. The van der Waals surface area contributed by atoms with Gasteiger partial charge in [0.25, 0.3) is 0 Å². The van der Waals surface area contributed by atoms with E-state index in [0.717, 1.165) is 16.8 Å². The van der Waals surface area contributed by atoms with Crippen LogP contribution in [-0.4, -0.2) is 18.4 Å². The van der Waals surface area contributed by atoms with E-state index in [1.54, 1.807) is 11.0 Å². The Bertz CT molecular complexity index is 789. The first-order valence-corrected chi connectivity index (χ1v) is 8.75. The number of hydrogen-bond donors (Lipinski definition) is 1. The predicted molar refractivity (Wildman–Crippen MR) is 99.6 cm³/mol. The number of rotatable bonds is 4. The van der Waals surface area contributed by atoms with Gasteiger partial charge in [0.15, 0.2) is 0 Å². The number of aryl methyl sites for hydroxylation is 1. The van der Waals surface area contributed by atoms with E-state index in [2.05, 4.69) is 5.32 Å². The molecule has 1 N–H and O–H groups in total. The molecule has 25 heavy (non-hydrogen) atoms. The summed E-state index contributed by atoms with van der Waals surface area (Å²) in [5.74, 6) is -0.483. The lowest BCUT2D eigenvalue weighted by molar-refractivity contribution is -0.126. The number of amides is 2. The van der Waals surface area contributed by atoms with Crippen LogP contribution < -0.4 is 10.2 Å². The molecule has 2 aromatic carbocycles. The number of carbonyl (C=O) groups excluding carboxylic acids is 2. The SMILES string of the molecule is Cc1ccc(N2C[C@@H](C(=O)N[C@@H](C)c3ccccc3Cl)CC2=O)cc1. The number of hydrogen-bond acceptors (Lipinski definition) is 2. The molecule has 2 aromatic rings. The highest BCUT2D eigenvalue weighted by Gasteiger charge is 2.35. The lowest BCUT2D eigenvalue weighted by Gasteiger charge is -2.19. The number of halogens is 1. The Labute approximate surface area is 152 Å². The Morgan fingerprint density at radius 3 is 2.56 bits per heavy atom.